The second-order valence-corrected chi connectivity index (χ2v) is 9.86. The number of hydrogen-bond acceptors (Lipinski definition) is 5. The van der Waals surface area contributed by atoms with E-state index in [4.69, 9.17) is 19.9 Å². The molecule has 0 saturated heterocycles. The van der Waals surface area contributed by atoms with Gasteiger partial charge in [-0.3, -0.25) is 0 Å². The van der Waals surface area contributed by atoms with Gasteiger partial charge in [0.2, 0.25) is 0 Å². The minimum atomic E-state index is -0.902. The van der Waals surface area contributed by atoms with Gasteiger partial charge in [-0.1, -0.05) is 6.07 Å². The first-order valence-electron chi connectivity index (χ1n) is 10.6. The van der Waals surface area contributed by atoms with Crippen LogP contribution in [0.4, 0.5) is 5.69 Å². The van der Waals surface area contributed by atoms with Crippen LogP contribution < -0.4 is 10.5 Å². The topological polar surface area (TPSA) is 70.8 Å². The molecule has 2 aromatic carbocycles. The van der Waals surface area contributed by atoms with Crippen LogP contribution in [0.25, 0.3) is 11.1 Å². The lowest BCUT2D eigenvalue weighted by atomic mass is 9.84. The van der Waals surface area contributed by atoms with E-state index >= 15 is 0 Å². The van der Waals surface area contributed by atoms with E-state index in [1.807, 2.05) is 40.7 Å². The second kappa shape index (κ2) is 8.83. The maximum atomic E-state index is 12.9. The molecule has 0 aliphatic carbocycles. The van der Waals surface area contributed by atoms with Gasteiger partial charge in [0.15, 0.2) is 6.10 Å². The number of carbonyl (C=O) groups is 1. The smallest absolute Gasteiger partial charge is 0.339 e. The summed E-state index contributed by atoms with van der Waals surface area (Å²) < 4.78 is 18.1. The fourth-order valence-corrected chi connectivity index (χ4v) is 4.75. The van der Waals surface area contributed by atoms with Crippen molar-refractivity contribution < 1.29 is 19.0 Å². The highest BCUT2D eigenvalue weighted by molar-refractivity contribution is 9.10. The van der Waals surface area contributed by atoms with Crippen LogP contribution in [0.1, 0.15) is 61.1 Å². The van der Waals surface area contributed by atoms with Crippen molar-refractivity contribution in [3.63, 3.8) is 0 Å². The molecular weight excluding hydrogens is 458 g/mol. The molecule has 2 N–H and O–H groups in total. The maximum absolute atomic E-state index is 12.9. The van der Waals surface area contributed by atoms with Gasteiger partial charge in [-0.05, 0) is 110 Å². The van der Waals surface area contributed by atoms with Crippen molar-refractivity contribution in [2.24, 2.45) is 0 Å². The molecule has 1 aliphatic heterocycles. The molecule has 5 nitrogen and oxygen atoms in total. The number of halogens is 1. The zero-order valence-corrected chi connectivity index (χ0v) is 21.0. The van der Waals surface area contributed by atoms with E-state index in [2.05, 4.69) is 28.9 Å². The number of ether oxygens (including phenoxy) is 3. The van der Waals surface area contributed by atoms with Crippen molar-refractivity contribution >= 4 is 27.6 Å². The fraction of sp³-hybridized carbons (Fsp3) is 0.480. The predicted octanol–water partition coefficient (Wildman–Crippen LogP) is 5.98. The number of esters is 1. The van der Waals surface area contributed by atoms with Crippen LogP contribution >= 0.6 is 15.9 Å². The van der Waals surface area contributed by atoms with E-state index < -0.39 is 17.7 Å². The van der Waals surface area contributed by atoms with Crippen LogP contribution in [0.15, 0.2) is 16.6 Å². The van der Waals surface area contributed by atoms with Crippen molar-refractivity contribution in [3.05, 3.63) is 44.4 Å². The molecule has 0 fully saturated rings. The predicted molar refractivity (Wildman–Crippen MR) is 128 cm³/mol. The van der Waals surface area contributed by atoms with Crippen LogP contribution in [0, 0.1) is 20.8 Å². The molecule has 0 unspecified atom stereocenters. The van der Waals surface area contributed by atoms with Crippen molar-refractivity contribution in [2.45, 2.75) is 66.1 Å². The number of rotatable bonds is 4. The summed E-state index contributed by atoms with van der Waals surface area (Å²) in [5.41, 5.74) is 13.4. The molecule has 0 saturated carbocycles. The monoisotopic (exact) mass is 489 g/mol. The second-order valence-electron chi connectivity index (χ2n) is 9.07. The average Bonchev–Trinajstić information content (AvgIpc) is 2.73. The lowest BCUT2D eigenvalue weighted by molar-refractivity contribution is -0.164. The summed E-state index contributed by atoms with van der Waals surface area (Å²) in [6, 6.07) is 4.09. The van der Waals surface area contributed by atoms with Gasteiger partial charge in [0.05, 0.1) is 19.3 Å². The molecule has 3 rings (SSSR count). The molecule has 1 aliphatic rings. The highest BCUT2D eigenvalue weighted by Gasteiger charge is 2.34. The molecule has 0 spiro atoms. The normalized spacial score (nSPS) is 14.6. The van der Waals surface area contributed by atoms with Crippen LogP contribution in [-0.4, -0.2) is 25.3 Å². The first-order valence-corrected chi connectivity index (χ1v) is 11.4. The van der Waals surface area contributed by atoms with E-state index in [0.29, 0.717) is 5.69 Å². The van der Waals surface area contributed by atoms with Crippen LogP contribution in [-0.2, 0) is 20.7 Å². The van der Waals surface area contributed by atoms with Gasteiger partial charge in [-0.15, -0.1) is 0 Å². The highest BCUT2D eigenvalue weighted by atomic mass is 79.9. The van der Waals surface area contributed by atoms with Gasteiger partial charge in [0.1, 0.15) is 5.75 Å². The number of nitrogen functional groups attached to an aromatic ring is 1. The van der Waals surface area contributed by atoms with Crippen molar-refractivity contribution in [1.82, 2.24) is 0 Å². The third-order valence-corrected chi connectivity index (χ3v) is 6.84. The summed E-state index contributed by atoms with van der Waals surface area (Å²) in [5, 5.41) is 0. The Kier molecular flexibility index (Phi) is 6.72. The number of methoxy groups -OCH3 is 1. The summed E-state index contributed by atoms with van der Waals surface area (Å²) in [6.07, 6.45) is 1.06. The molecule has 0 aromatic heterocycles. The molecule has 1 atom stereocenters. The van der Waals surface area contributed by atoms with Crippen LogP contribution in [0.5, 0.6) is 5.75 Å². The Bertz CT molecular complexity index is 1020. The molecule has 2 aromatic rings. The molecule has 6 heteroatoms. The van der Waals surface area contributed by atoms with Gasteiger partial charge < -0.3 is 19.9 Å². The zero-order chi connectivity index (χ0) is 23.1. The van der Waals surface area contributed by atoms with Gasteiger partial charge >= 0.3 is 5.97 Å². The Labute approximate surface area is 193 Å². The molecular formula is C25H32BrNO4. The van der Waals surface area contributed by atoms with Gasteiger partial charge in [0, 0.05) is 15.7 Å². The maximum Gasteiger partial charge on any atom is 0.339 e. The Morgan fingerprint density at radius 2 is 1.84 bits per heavy atom. The summed E-state index contributed by atoms with van der Waals surface area (Å²) in [4.78, 5) is 12.9. The molecule has 0 amide bonds. The number of nitrogens with two attached hydrogens (primary N) is 1. The van der Waals surface area contributed by atoms with Crippen LogP contribution in [0.3, 0.4) is 0 Å². The van der Waals surface area contributed by atoms with Gasteiger partial charge in [0.25, 0.3) is 0 Å². The third kappa shape index (κ3) is 4.46. The first-order chi connectivity index (χ1) is 14.5. The van der Waals surface area contributed by atoms with Crippen molar-refractivity contribution in [1.29, 1.82) is 0 Å². The van der Waals surface area contributed by atoms with E-state index in [1.54, 1.807) is 0 Å². The molecule has 0 radical (unpaired) electrons. The quantitative estimate of drug-likeness (QED) is 0.422. The minimum Gasteiger partial charge on any atom is -0.493 e. The number of hydrogen-bond donors (Lipinski definition) is 1. The summed E-state index contributed by atoms with van der Waals surface area (Å²) in [5.74, 6) is 0.493. The Morgan fingerprint density at radius 3 is 2.45 bits per heavy atom. The Hall–Kier alpha value is -2.05. The molecule has 0 bridgehead atoms. The number of benzene rings is 2. The van der Waals surface area contributed by atoms with Crippen molar-refractivity contribution in [3.8, 4) is 16.9 Å². The SMILES string of the molecule is COC(=O)[C@@H](OC(C)(C)C)c1c(C)c(N)c(Br)c(C)c1-c1ccc2c(c1C)CCCO2. The Morgan fingerprint density at radius 1 is 1.16 bits per heavy atom. The zero-order valence-electron chi connectivity index (χ0n) is 19.4. The lowest BCUT2D eigenvalue weighted by Crippen LogP contribution is -2.29. The largest absolute Gasteiger partial charge is 0.493 e. The van der Waals surface area contributed by atoms with E-state index in [1.165, 1.54) is 12.7 Å². The summed E-state index contributed by atoms with van der Waals surface area (Å²) in [6.45, 7) is 12.6. The van der Waals surface area contributed by atoms with Gasteiger partial charge in [-0.2, -0.15) is 0 Å². The summed E-state index contributed by atoms with van der Waals surface area (Å²) in [7, 11) is 1.38. The molecule has 1 heterocycles. The van der Waals surface area contributed by atoms with Crippen LogP contribution in [0.2, 0.25) is 0 Å². The lowest BCUT2D eigenvalue weighted by Gasteiger charge is -2.31. The van der Waals surface area contributed by atoms with E-state index in [9.17, 15) is 4.79 Å². The summed E-state index contributed by atoms with van der Waals surface area (Å²) >= 11 is 3.67. The van der Waals surface area contributed by atoms with E-state index in [-0.39, 0.29) is 0 Å². The third-order valence-electron chi connectivity index (χ3n) is 5.82. The number of carbonyl (C=O) groups excluding carboxylic acids is 1. The standard InChI is InChI=1S/C25H32BrNO4/c1-13-16-9-8-12-30-18(16)11-10-17(13)19-14(2)21(26)22(27)15(3)20(19)23(24(28)29-7)31-25(4,5)6/h10-11,23H,8-9,12,27H2,1-7H3/t23-/m0/s1. The number of fused-ring (bicyclic) bond motifs is 1. The number of anilines is 1. The van der Waals surface area contributed by atoms with Gasteiger partial charge in [-0.25, -0.2) is 4.79 Å². The van der Waals surface area contributed by atoms with E-state index in [0.717, 1.165) is 63.1 Å². The fourth-order valence-electron chi connectivity index (χ4n) is 4.25. The minimum absolute atomic E-state index is 0.445. The van der Waals surface area contributed by atoms with Crippen molar-refractivity contribution in [2.75, 3.05) is 19.5 Å². The molecule has 168 valence electrons. The first kappa shape index (κ1) is 23.6. The molecule has 31 heavy (non-hydrogen) atoms. The Balaban J connectivity index is 2.37. The highest BCUT2D eigenvalue weighted by Crippen LogP contribution is 2.46. The average molecular weight is 490 g/mol.